The number of nitrogens with zero attached hydrogens (tertiary/aromatic N) is 3. The van der Waals surface area contributed by atoms with Crippen LogP contribution in [0.3, 0.4) is 0 Å². The Hall–Kier alpha value is -2.70. The lowest BCUT2D eigenvalue weighted by atomic mass is 10.1. The van der Waals surface area contributed by atoms with Crippen LogP contribution in [0.25, 0.3) is 0 Å². The van der Waals surface area contributed by atoms with Crippen LogP contribution >= 0.6 is 0 Å². The summed E-state index contributed by atoms with van der Waals surface area (Å²) in [5, 5.41) is 7.73. The summed E-state index contributed by atoms with van der Waals surface area (Å²) < 4.78 is 11.3. The number of esters is 2. The molecule has 0 aliphatic heterocycles. The van der Waals surface area contributed by atoms with Crippen LogP contribution in [0, 0.1) is 6.92 Å². The van der Waals surface area contributed by atoms with Gasteiger partial charge in [-0.15, -0.1) is 5.10 Å². The first kappa shape index (κ1) is 16.7. The molecule has 1 heterocycles. The molecule has 7 heteroatoms. The lowest BCUT2D eigenvalue weighted by Crippen LogP contribution is -2.18. The van der Waals surface area contributed by atoms with Crippen molar-refractivity contribution in [1.29, 1.82) is 0 Å². The summed E-state index contributed by atoms with van der Waals surface area (Å²) in [6.45, 7) is 6.02. The molecular weight excluding hydrogens is 298 g/mol. The van der Waals surface area contributed by atoms with Gasteiger partial charge in [-0.1, -0.05) is 29.5 Å². The Bertz CT molecular complexity index is 709. The number of hydrogen-bond acceptors (Lipinski definition) is 6. The van der Waals surface area contributed by atoms with Gasteiger partial charge in [-0.25, -0.2) is 14.3 Å². The molecule has 122 valence electrons. The maximum absolute atomic E-state index is 12.2. The topological polar surface area (TPSA) is 83.3 Å². The van der Waals surface area contributed by atoms with E-state index in [4.69, 9.17) is 9.47 Å². The summed E-state index contributed by atoms with van der Waals surface area (Å²) in [5.74, 6) is -1.33. The third-order valence-electron chi connectivity index (χ3n) is 3.25. The highest BCUT2D eigenvalue weighted by atomic mass is 16.5. The van der Waals surface area contributed by atoms with Crippen LogP contribution in [0.2, 0.25) is 0 Å². The van der Waals surface area contributed by atoms with Crippen LogP contribution in [0.1, 0.15) is 46.0 Å². The number of rotatable bonds is 6. The maximum atomic E-state index is 12.2. The van der Waals surface area contributed by atoms with E-state index in [1.807, 2.05) is 31.2 Å². The Morgan fingerprint density at radius 2 is 1.74 bits per heavy atom. The third kappa shape index (κ3) is 3.74. The predicted molar refractivity (Wildman–Crippen MR) is 82.2 cm³/mol. The van der Waals surface area contributed by atoms with Gasteiger partial charge in [0.1, 0.15) is 0 Å². The summed E-state index contributed by atoms with van der Waals surface area (Å²) in [6.07, 6.45) is 0. The first-order valence-corrected chi connectivity index (χ1v) is 7.40. The largest absolute Gasteiger partial charge is 0.461 e. The number of carbonyl (C=O) groups is 2. The SMILES string of the molecule is CCOC(=O)c1nnn(Cc2ccccc2C)c1C(=O)OCC. The van der Waals surface area contributed by atoms with E-state index in [1.165, 1.54) is 4.68 Å². The zero-order chi connectivity index (χ0) is 16.8. The van der Waals surface area contributed by atoms with E-state index in [0.717, 1.165) is 11.1 Å². The minimum absolute atomic E-state index is 0.00792. The zero-order valence-electron chi connectivity index (χ0n) is 13.4. The normalized spacial score (nSPS) is 10.4. The molecule has 0 fully saturated rings. The van der Waals surface area contributed by atoms with Crippen LogP contribution in [0.5, 0.6) is 0 Å². The van der Waals surface area contributed by atoms with E-state index in [-0.39, 0.29) is 24.6 Å². The molecule has 0 atom stereocenters. The number of benzene rings is 1. The fraction of sp³-hybridized carbons (Fsp3) is 0.375. The number of carbonyl (C=O) groups excluding carboxylic acids is 2. The number of aromatic nitrogens is 3. The lowest BCUT2D eigenvalue weighted by Gasteiger charge is -2.09. The Labute approximate surface area is 134 Å². The molecule has 2 rings (SSSR count). The third-order valence-corrected chi connectivity index (χ3v) is 3.25. The van der Waals surface area contributed by atoms with Crippen LogP contribution in [-0.4, -0.2) is 40.1 Å². The molecule has 7 nitrogen and oxygen atoms in total. The molecule has 2 aromatic rings. The number of ether oxygens (including phenoxy) is 2. The molecule has 0 radical (unpaired) electrons. The van der Waals surface area contributed by atoms with Gasteiger partial charge in [0.05, 0.1) is 19.8 Å². The molecule has 1 aromatic carbocycles. The maximum Gasteiger partial charge on any atom is 0.361 e. The second-order valence-corrected chi connectivity index (χ2v) is 4.81. The van der Waals surface area contributed by atoms with Crippen LogP contribution in [0.4, 0.5) is 0 Å². The summed E-state index contributed by atoms with van der Waals surface area (Å²) in [5.41, 5.74) is 1.90. The van der Waals surface area contributed by atoms with Gasteiger partial charge in [0.15, 0.2) is 5.69 Å². The van der Waals surface area contributed by atoms with Crippen molar-refractivity contribution in [2.75, 3.05) is 13.2 Å². The average Bonchev–Trinajstić information content (AvgIpc) is 2.94. The lowest BCUT2D eigenvalue weighted by molar-refractivity contribution is 0.0467. The summed E-state index contributed by atoms with van der Waals surface area (Å²) >= 11 is 0. The van der Waals surface area contributed by atoms with Gasteiger partial charge in [-0.2, -0.15) is 0 Å². The number of hydrogen-bond donors (Lipinski definition) is 0. The molecule has 0 spiro atoms. The fourth-order valence-corrected chi connectivity index (χ4v) is 2.11. The molecule has 1 aromatic heterocycles. The smallest absolute Gasteiger partial charge is 0.361 e. The second kappa shape index (κ2) is 7.53. The standard InChI is InChI=1S/C16H19N3O4/c1-4-22-15(20)13-14(16(21)23-5-2)19(18-17-13)10-12-9-7-6-8-11(12)3/h6-9H,4-5,10H2,1-3H3. The highest BCUT2D eigenvalue weighted by Gasteiger charge is 2.27. The van der Waals surface area contributed by atoms with Crippen LogP contribution < -0.4 is 0 Å². The average molecular weight is 317 g/mol. The Balaban J connectivity index is 2.41. The molecule has 0 unspecified atom stereocenters. The van der Waals surface area contributed by atoms with E-state index < -0.39 is 11.9 Å². The van der Waals surface area contributed by atoms with Gasteiger partial charge >= 0.3 is 11.9 Å². The summed E-state index contributed by atoms with van der Waals surface area (Å²) in [4.78, 5) is 24.2. The zero-order valence-corrected chi connectivity index (χ0v) is 13.4. The Morgan fingerprint density at radius 3 is 2.39 bits per heavy atom. The minimum atomic E-state index is -0.688. The molecule has 0 saturated heterocycles. The molecule has 0 N–H and O–H groups in total. The van der Waals surface area contributed by atoms with Gasteiger partial charge in [0.2, 0.25) is 5.69 Å². The summed E-state index contributed by atoms with van der Waals surface area (Å²) in [6, 6.07) is 7.71. The molecule has 0 amide bonds. The van der Waals surface area contributed by atoms with Gasteiger partial charge in [0.25, 0.3) is 0 Å². The predicted octanol–water partition coefficient (Wildman–Crippen LogP) is 1.99. The second-order valence-electron chi connectivity index (χ2n) is 4.81. The first-order chi connectivity index (χ1) is 11.1. The van der Waals surface area contributed by atoms with Crippen molar-refractivity contribution in [3.8, 4) is 0 Å². The van der Waals surface area contributed by atoms with Crippen molar-refractivity contribution in [1.82, 2.24) is 15.0 Å². The molecule has 0 aliphatic carbocycles. The molecule has 0 bridgehead atoms. The van der Waals surface area contributed by atoms with Gasteiger partial charge in [-0.3, -0.25) is 0 Å². The molecule has 23 heavy (non-hydrogen) atoms. The minimum Gasteiger partial charge on any atom is -0.461 e. The van der Waals surface area contributed by atoms with Gasteiger partial charge < -0.3 is 9.47 Å². The van der Waals surface area contributed by atoms with Crippen LogP contribution in [0.15, 0.2) is 24.3 Å². The van der Waals surface area contributed by atoms with E-state index >= 15 is 0 Å². The molecular formula is C16H19N3O4. The monoisotopic (exact) mass is 317 g/mol. The summed E-state index contributed by atoms with van der Waals surface area (Å²) in [7, 11) is 0. The van der Waals surface area contributed by atoms with E-state index in [9.17, 15) is 9.59 Å². The van der Waals surface area contributed by atoms with Crippen molar-refractivity contribution in [2.24, 2.45) is 0 Å². The highest BCUT2D eigenvalue weighted by Crippen LogP contribution is 2.14. The Kier molecular flexibility index (Phi) is 5.46. The van der Waals surface area contributed by atoms with Crippen molar-refractivity contribution in [3.05, 3.63) is 46.8 Å². The van der Waals surface area contributed by atoms with E-state index in [0.29, 0.717) is 6.54 Å². The van der Waals surface area contributed by atoms with Gasteiger partial charge in [-0.05, 0) is 31.9 Å². The van der Waals surface area contributed by atoms with Gasteiger partial charge in [0, 0.05) is 0 Å². The van der Waals surface area contributed by atoms with Crippen molar-refractivity contribution < 1.29 is 19.1 Å². The van der Waals surface area contributed by atoms with Crippen molar-refractivity contribution >= 4 is 11.9 Å². The highest BCUT2D eigenvalue weighted by molar-refractivity contribution is 6.00. The Morgan fingerprint density at radius 1 is 1.09 bits per heavy atom. The first-order valence-electron chi connectivity index (χ1n) is 7.40. The van der Waals surface area contributed by atoms with E-state index in [1.54, 1.807) is 13.8 Å². The quantitative estimate of drug-likeness (QED) is 0.758. The van der Waals surface area contributed by atoms with Crippen LogP contribution in [-0.2, 0) is 16.0 Å². The number of aryl methyl sites for hydroxylation is 1. The van der Waals surface area contributed by atoms with Crippen molar-refractivity contribution in [3.63, 3.8) is 0 Å². The van der Waals surface area contributed by atoms with Crippen molar-refractivity contribution in [2.45, 2.75) is 27.3 Å². The molecule has 0 aliphatic rings. The fourth-order valence-electron chi connectivity index (χ4n) is 2.11. The van der Waals surface area contributed by atoms with E-state index in [2.05, 4.69) is 10.3 Å². The molecule has 0 saturated carbocycles.